The quantitative estimate of drug-likeness (QED) is 0.343. The normalized spacial score (nSPS) is 10.2. The highest BCUT2D eigenvalue weighted by Crippen LogP contribution is 2.24. The van der Waals surface area contributed by atoms with Crippen LogP contribution in [0.2, 0.25) is 5.02 Å². The number of halogens is 1. The Hall–Kier alpha value is -4.04. The van der Waals surface area contributed by atoms with Crippen LogP contribution in [0.4, 0.5) is 11.4 Å². The van der Waals surface area contributed by atoms with E-state index in [-0.39, 0.29) is 18.7 Å². The lowest BCUT2D eigenvalue weighted by atomic mass is 10.2. The van der Waals surface area contributed by atoms with Gasteiger partial charge in [-0.2, -0.15) is 0 Å². The summed E-state index contributed by atoms with van der Waals surface area (Å²) in [5.74, 6) is 0.691. The maximum absolute atomic E-state index is 12.1. The molecular formula is C26H25ClN2O6. The van der Waals surface area contributed by atoms with Gasteiger partial charge in [-0.1, -0.05) is 11.6 Å². The van der Waals surface area contributed by atoms with Crippen LogP contribution in [0.1, 0.15) is 19.3 Å². The molecule has 0 heterocycles. The summed E-state index contributed by atoms with van der Waals surface area (Å²) in [6.07, 6.45) is 0.454. The van der Waals surface area contributed by atoms with Crippen molar-refractivity contribution in [1.82, 2.24) is 0 Å². The Morgan fingerprint density at radius 3 is 1.80 bits per heavy atom. The number of methoxy groups -OCH3 is 1. The predicted molar refractivity (Wildman–Crippen MR) is 133 cm³/mol. The molecule has 0 fully saturated rings. The summed E-state index contributed by atoms with van der Waals surface area (Å²) in [4.78, 5) is 35.9. The fourth-order valence-electron chi connectivity index (χ4n) is 2.95. The van der Waals surface area contributed by atoms with Crippen molar-refractivity contribution in [2.45, 2.75) is 19.3 Å². The number of ether oxygens (including phenoxy) is 3. The molecule has 182 valence electrons. The SMILES string of the molecule is COc1ccc(NC(=O)COC(=O)CCCC(=O)Nc2ccc(Oc3ccc(Cl)cc3)cc2)cc1. The van der Waals surface area contributed by atoms with Crippen molar-refractivity contribution >= 4 is 40.8 Å². The van der Waals surface area contributed by atoms with Crippen LogP contribution in [0.15, 0.2) is 72.8 Å². The van der Waals surface area contributed by atoms with E-state index in [0.29, 0.717) is 40.1 Å². The molecule has 0 atom stereocenters. The number of amides is 2. The summed E-state index contributed by atoms with van der Waals surface area (Å²) < 4.78 is 15.7. The summed E-state index contributed by atoms with van der Waals surface area (Å²) >= 11 is 5.86. The molecule has 3 aromatic carbocycles. The number of carbonyl (C=O) groups excluding carboxylic acids is 3. The minimum atomic E-state index is -0.550. The summed E-state index contributed by atoms with van der Waals surface area (Å²) in [5, 5.41) is 6.01. The Morgan fingerprint density at radius 1 is 0.714 bits per heavy atom. The zero-order valence-electron chi connectivity index (χ0n) is 19.1. The van der Waals surface area contributed by atoms with Gasteiger partial charge in [0, 0.05) is 29.2 Å². The highest BCUT2D eigenvalue weighted by atomic mass is 35.5. The number of carbonyl (C=O) groups is 3. The van der Waals surface area contributed by atoms with Crippen LogP contribution in [-0.2, 0) is 19.1 Å². The molecule has 3 aromatic rings. The maximum Gasteiger partial charge on any atom is 0.306 e. The largest absolute Gasteiger partial charge is 0.497 e. The monoisotopic (exact) mass is 496 g/mol. The van der Waals surface area contributed by atoms with E-state index in [0.717, 1.165) is 0 Å². The number of benzene rings is 3. The first-order chi connectivity index (χ1) is 16.9. The number of hydrogen-bond donors (Lipinski definition) is 2. The van der Waals surface area contributed by atoms with Crippen molar-refractivity contribution in [2.24, 2.45) is 0 Å². The van der Waals surface area contributed by atoms with Crippen molar-refractivity contribution in [1.29, 1.82) is 0 Å². The Labute approximate surface area is 208 Å². The highest BCUT2D eigenvalue weighted by molar-refractivity contribution is 6.30. The smallest absolute Gasteiger partial charge is 0.306 e. The fourth-order valence-corrected chi connectivity index (χ4v) is 3.08. The van der Waals surface area contributed by atoms with E-state index in [2.05, 4.69) is 10.6 Å². The Balaban J connectivity index is 1.31. The van der Waals surface area contributed by atoms with E-state index >= 15 is 0 Å². The van der Waals surface area contributed by atoms with E-state index in [4.69, 9.17) is 25.8 Å². The Bertz CT molecular complexity index is 1130. The molecule has 0 aliphatic heterocycles. The average molecular weight is 497 g/mol. The first-order valence-corrected chi connectivity index (χ1v) is 11.2. The number of nitrogens with one attached hydrogen (secondary N) is 2. The van der Waals surface area contributed by atoms with Gasteiger partial charge < -0.3 is 24.8 Å². The minimum Gasteiger partial charge on any atom is -0.497 e. The van der Waals surface area contributed by atoms with Gasteiger partial charge in [-0.25, -0.2) is 0 Å². The third kappa shape index (κ3) is 9.02. The summed E-state index contributed by atoms with van der Waals surface area (Å²) in [7, 11) is 1.55. The van der Waals surface area contributed by atoms with Gasteiger partial charge in [0.05, 0.1) is 7.11 Å². The molecule has 9 heteroatoms. The first-order valence-electron chi connectivity index (χ1n) is 10.8. The van der Waals surface area contributed by atoms with Crippen molar-refractivity contribution in [3.8, 4) is 17.2 Å². The molecular weight excluding hydrogens is 472 g/mol. The Kier molecular flexibility index (Phi) is 9.50. The standard InChI is InChI=1S/C26H25ClN2O6/c1-33-21-13-7-20(8-14-21)29-25(31)17-34-26(32)4-2-3-24(30)28-19-9-15-23(16-10-19)35-22-11-5-18(27)6-12-22/h5-16H,2-4,17H2,1H3,(H,28,30)(H,29,31). The second-order valence-corrected chi connectivity index (χ2v) is 7.86. The molecule has 0 aliphatic rings. The van der Waals surface area contributed by atoms with Gasteiger partial charge in [0.15, 0.2) is 6.61 Å². The molecule has 2 amide bonds. The lowest BCUT2D eigenvalue weighted by Gasteiger charge is -2.09. The van der Waals surface area contributed by atoms with Crippen LogP contribution in [0.5, 0.6) is 17.2 Å². The predicted octanol–water partition coefficient (Wildman–Crippen LogP) is 5.43. The lowest BCUT2D eigenvalue weighted by molar-refractivity contribution is -0.147. The zero-order chi connectivity index (χ0) is 25.0. The van der Waals surface area contributed by atoms with E-state index in [1.54, 1.807) is 79.9 Å². The lowest BCUT2D eigenvalue weighted by Crippen LogP contribution is -2.21. The molecule has 0 saturated heterocycles. The van der Waals surface area contributed by atoms with Crippen molar-refractivity contribution in [2.75, 3.05) is 24.4 Å². The summed E-state index contributed by atoms with van der Waals surface area (Å²) in [5.41, 5.74) is 1.17. The number of esters is 1. The van der Waals surface area contributed by atoms with Gasteiger partial charge in [0.25, 0.3) is 5.91 Å². The molecule has 35 heavy (non-hydrogen) atoms. The maximum atomic E-state index is 12.1. The third-order valence-electron chi connectivity index (χ3n) is 4.71. The van der Waals surface area contributed by atoms with E-state index < -0.39 is 18.5 Å². The molecule has 0 aliphatic carbocycles. The molecule has 2 N–H and O–H groups in total. The van der Waals surface area contributed by atoms with Crippen LogP contribution >= 0.6 is 11.6 Å². The molecule has 0 saturated carbocycles. The van der Waals surface area contributed by atoms with Gasteiger partial charge in [-0.05, 0) is 79.2 Å². The van der Waals surface area contributed by atoms with E-state index in [9.17, 15) is 14.4 Å². The van der Waals surface area contributed by atoms with Gasteiger partial charge in [0.2, 0.25) is 5.91 Å². The van der Waals surface area contributed by atoms with E-state index in [1.807, 2.05) is 0 Å². The minimum absolute atomic E-state index is 0.0249. The van der Waals surface area contributed by atoms with Crippen molar-refractivity contribution in [3.05, 3.63) is 77.8 Å². The topological polar surface area (TPSA) is 103 Å². The molecule has 0 bridgehead atoms. The van der Waals surface area contributed by atoms with Crippen LogP contribution in [-0.4, -0.2) is 31.5 Å². The van der Waals surface area contributed by atoms with Crippen molar-refractivity contribution < 1.29 is 28.6 Å². The fraction of sp³-hybridized carbons (Fsp3) is 0.192. The average Bonchev–Trinajstić information content (AvgIpc) is 2.86. The summed E-state index contributed by atoms with van der Waals surface area (Å²) in [6, 6.07) is 20.7. The third-order valence-corrected chi connectivity index (χ3v) is 4.96. The Morgan fingerprint density at radius 2 is 1.23 bits per heavy atom. The zero-order valence-corrected chi connectivity index (χ0v) is 19.8. The molecule has 8 nitrogen and oxygen atoms in total. The molecule has 0 aromatic heterocycles. The first kappa shape index (κ1) is 25.6. The van der Waals surface area contributed by atoms with Gasteiger partial charge >= 0.3 is 5.97 Å². The number of anilines is 2. The van der Waals surface area contributed by atoms with Crippen LogP contribution in [0, 0.1) is 0 Å². The van der Waals surface area contributed by atoms with Gasteiger partial charge in [0.1, 0.15) is 17.2 Å². The van der Waals surface area contributed by atoms with E-state index in [1.165, 1.54) is 0 Å². The molecule has 0 unspecified atom stereocenters. The van der Waals surface area contributed by atoms with Crippen LogP contribution < -0.4 is 20.1 Å². The number of rotatable bonds is 11. The second-order valence-electron chi connectivity index (χ2n) is 7.42. The van der Waals surface area contributed by atoms with Crippen LogP contribution in [0.3, 0.4) is 0 Å². The van der Waals surface area contributed by atoms with Gasteiger partial charge in [-0.3, -0.25) is 14.4 Å². The van der Waals surface area contributed by atoms with Crippen LogP contribution in [0.25, 0.3) is 0 Å². The highest BCUT2D eigenvalue weighted by Gasteiger charge is 2.10. The number of hydrogen-bond acceptors (Lipinski definition) is 6. The molecule has 0 radical (unpaired) electrons. The molecule has 0 spiro atoms. The van der Waals surface area contributed by atoms with Crippen molar-refractivity contribution in [3.63, 3.8) is 0 Å². The summed E-state index contributed by atoms with van der Waals surface area (Å²) in [6.45, 7) is -0.401. The second kappa shape index (κ2) is 13.0. The molecule has 3 rings (SSSR count). The van der Waals surface area contributed by atoms with Gasteiger partial charge in [-0.15, -0.1) is 0 Å².